The first kappa shape index (κ1) is 18.6. The molecule has 0 saturated carbocycles. The maximum atomic E-state index is 11.3. The van der Waals surface area contributed by atoms with Gasteiger partial charge in [-0.3, -0.25) is 14.3 Å². The third-order valence-electron chi connectivity index (χ3n) is 4.84. The van der Waals surface area contributed by atoms with Crippen molar-refractivity contribution in [3.8, 4) is 5.13 Å². The maximum Gasteiger partial charge on any atom is 0.308 e. The van der Waals surface area contributed by atoms with Gasteiger partial charge in [-0.05, 0) is 36.6 Å². The molecule has 1 aliphatic heterocycles. The Hall–Kier alpha value is -2.78. The van der Waals surface area contributed by atoms with E-state index in [1.165, 1.54) is 11.3 Å². The number of piperidine rings is 1. The van der Waals surface area contributed by atoms with Crippen molar-refractivity contribution in [2.24, 2.45) is 5.92 Å². The summed E-state index contributed by atoms with van der Waals surface area (Å²) in [6.07, 6.45) is 7.18. The molecule has 1 unspecified atom stereocenters. The van der Waals surface area contributed by atoms with Gasteiger partial charge in [-0.1, -0.05) is 17.4 Å². The molecule has 4 heterocycles. The van der Waals surface area contributed by atoms with Crippen LogP contribution in [0.25, 0.3) is 5.13 Å². The summed E-state index contributed by atoms with van der Waals surface area (Å²) in [5.74, 6) is -1.07. The second kappa shape index (κ2) is 8.49. The molecule has 1 aliphatic rings. The number of anilines is 1. The molecule has 8 nitrogen and oxygen atoms in total. The van der Waals surface area contributed by atoms with Crippen LogP contribution in [0.2, 0.25) is 0 Å². The van der Waals surface area contributed by atoms with Gasteiger partial charge in [0.15, 0.2) is 0 Å². The molecule has 3 aromatic heterocycles. The number of carboxylic acid groups (broad SMARTS) is 1. The highest BCUT2D eigenvalue weighted by molar-refractivity contribution is 7.17. The standard InChI is InChI=1S/C19H22N6O2S/c26-17(27)15-5-2-8-24(13-15)18-22-23-19(28-18)25-9-3-6-16(25)12-21-11-14-4-1-7-20-10-14/h1,3-4,6-7,9-10,15,21H,2,5,8,11-13H2,(H,26,27). The average molecular weight is 398 g/mol. The lowest BCUT2D eigenvalue weighted by molar-refractivity contribution is -0.141. The third-order valence-corrected chi connectivity index (χ3v) is 5.83. The Bertz CT molecular complexity index is 925. The number of carbonyl (C=O) groups is 1. The van der Waals surface area contributed by atoms with Crippen molar-refractivity contribution in [1.82, 2.24) is 25.1 Å². The molecule has 0 aliphatic carbocycles. The first-order valence-corrected chi connectivity index (χ1v) is 10.1. The molecular weight excluding hydrogens is 376 g/mol. The van der Waals surface area contributed by atoms with Crippen LogP contribution in [0.3, 0.4) is 0 Å². The molecule has 9 heteroatoms. The van der Waals surface area contributed by atoms with Gasteiger partial charge in [0.2, 0.25) is 10.3 Å². The van der Waals surface area contributed by atoms with Gasteiger partial charge in [0.25, 0.3) is 0 Å². The molecule has 1 fully saturated rings. The van der Waals surface area contributed by atoms with Crippen molar-refractivity contribution in [1.29, 1.82) is 0 Å². The van der Waals surface area contributed by atoms with Gasteiger partial charge in [0.05, 0.1) is 5.92 Å². The second-order valence-corrected chi connectivity index (χ2v) is 7.76. The minimum absolute atomic E-state index is 0.333. The molecule has 4 rings (SSSR count). The van der Waals surface area contributed by atoms with Crippen molar-refractivity contribution in [3.05, 3.63) is 54.1 Å². The zero-order valence-corrected chi connectivity index (χ0v) is 16.2. The minimum Gasteiger partial charge on any atom is -0.481 e. The third kappa shape index (κ3) is 4.20. The van der Waals surface area contributed by atoms with E-state index >= 15 is 0 Å². The number of rotatable bonds is 7. The van der Waals surface area contributed by atoms with Crippen LogP contribution < -0.4 is 10.2 Å². The van der Waals surface area contributed by atoms with E-state index in [9.17, 15) is 9.90 Å². The van der Waals surface area contributed by atoms with E-state index in [0.717, 1.165) is 47.5 Å². The number of aliphatic carboxylic acids is 1. The fourth-order valence-corrected chi connectivity index (χ4v) is 4.27. The fraction of sp³-hybridized carbons (Fsp3) is 0.368. The fourth-order valence-electron chi connectivity index (χ4n) is 3.37. The smallest absolute Gasteiger partial charge is 0.308 e. The summed E-state index contributed by atoms with van der Waals surface area (Å²) in [4.78, 5) is 17.5. The molecule has 0 radical (unpaired) electrons. The number of hydrogen-bond acceptors (Lipinski definition) is 7. The van der Waals surface area contributed by atoms with Gasteiger partial charge in [-0.15, -0.1) is 10.2 Å². The second-order valence-electron chi connectivity index (χ2n) is 6.82. The summed E-state index contributed by atoms with van der Waals surface area (Å²) in [7, 11) is 0. The Morgan fingerprint density at radius 2 is 2.14 bits per heavy atom. The monoisotopic (exact) mass is 398 g/mol. The number of hydrogen-bond donors (Lipinski definition) is 2. The van der Waals surface area contributed by atoms with Crippen LogP contribution in [0.5, 0.6) is 0 Å². The van der Waals surface area contributed by atoms with E-state index in [0.29, 0.717) is 13.1 Å². The summed E-state index contributed by atoms with van der Waals surface area (Å²) in [6.45, 7) is 2.76. The molecular formula is C19H22N6O2S. The van der Waals surface area contributed by atoms with E-state index in [-0.39, 0.29) is 5.92 Å². The lowest BCUT2D eigenvalue weighted by Gasteiger charge is -2.29. The van der Waals surface area contributed by atoms with E-state index in [1.54, 1.807) is 6.20 Å². The molecule has 0 spiro atoms. The average Bonchev–Trinajstić information content (AvgIpc) is 3.38. The number of pyridine rings is 1. The van der Waals surface area contributed by atoms with E-state index in [2.05, 4.69) is 26.6 Å². The Morgan fingerprint density at radius 1 is 1.25 bits per heavy atom. The number of nitrogens with zero attached hydrogens (tertiary/aromatic N) is 5. The SMILES string of the molecule is O=C(O)C1CCCN(c2nnc(-n3cccc3CNCc3cccnc3)s2)C1. The van der Waals surface area contributed by atoms with Crippen LogP contribution >= 0.6 is 11.3 Å². The lowest BCUT2D eigenvalue weighted by Crippen LogP contribution is -2.38. The van der Waals surface area contributed by atoms with Crippen LogP contribution in [0.4, 0.5) is 5.13 Å². The zero-order valence-electron chi connectivity index (χ0n) is 15.4. The molecule has 1 saturated heterocycles. The number of aromatic nitrogens is 4. The summed E-state index contributed by atoms with van der Waals surface area (Å²) < 4.78 is 2.02. The lowest BCUT2D eigenvalue weighted by atomic mass is 9.99. The molecule has 2 N–H and O–H groups in total. The summed E-state index contributed by atoms with van der Waals surface area (Å²) in [5, 5.41) is 22.9. The van der Waals surface area contributed by atoms with Gasteiger partial charge in [-0.25, -0.2) is 0 Å². The minimum atomic E-state index is -0.734. The Balaban J connectivity index is 1.42. The van der Waals surface area contributed by atoms with Crippen LogP contribution in [0, 0.1) is 5.92 Å². The molecule has 146 valence electrons. The van der Waals surface area contributed by atoms with Crippen molar-refractivity contribution in [2.75, 3.05) is 18.0 Å². The molecule has 28 heavy (non-hydrogen) atoms. The highest BCUT2D eigenvalue weighted by atomic mass is 32.1. The quantitative estimate of drug-likeness (QED) is 0.630. The first-order chi connectivity index (χ1) is 13.7. The van der Waals surface area contributed by atoms with Crippen molar-refractivity contribution in [3.63, 3.8) is 0 Å². The highest BCUT2D eigenvalue weighted by Gasteiger charge is 2.27. The van der Waals surface area contributed by atoms with Gasteiger partial charge < -0.3 is 15.3 Å². The Kier molecular flexibility index (Phi) is 5.63. The van der Waals surface area contributed by atoms with Crippen LogP contribution in [-0.4, -0.2) is 43.9 Å². The van der Waals surface area contributed by atoms with Crippen molar-refractivity contribution < 1.29 is 9.90 Å². The van der Waals surface area contributed by atoms with Gasteiger partial charge in [0, 0.05) is 50.5 Å². The highest BCUT2D eigenvalue weighted by Crippen LogP contribution is 2.28. The molecule has 0 aromatic carbocycles. The summed E-state index contributed by atoms with van der Waals surface area (Å²) >= 11 is 1.49. The predicted octanol–water partition coefficient (Wildman–Crippen LogP) is 2.31. The van der Waals surface area contributed by atoms with Gasteiger partial charge in [-0.2, -0.15) is 0 Å². The molecule has 1 atom stereocenters. The normalized spacial score (nSPS) is 17.0. The van der Waals surface area contributed by atoms with Crippen LogP contribution in [0.1, 0.15) is 24.1 Å². The van der Waals surface area contributed by atoms with Crippen molar-refractivity contribution >= 4 is 22.4 Å². The first-order valence-electron chi connectivity index (χ1n) is 9.28. The molecule has 0 amide bonds. The maximum absolute atomic E-state index is 11.3. The Morgan fingerprint density at radius 3 is 2.96 bits per heavy atom. The topological polar surface area (TPSA) is 96.2 Å². The van der Waals surface area contributed by atoms with E-state index in [4.69, 9.17) is 0 Å². The van der Waals surface area contributed by atoms with E-state index in [1.807, 2.05) is 40.1 Å². The van der Waals surface area contributed by atoms with Gasteiger partial charge >= 0.3 is 5.97 Å². The number of nitrogens with one attached hydrogen (secondary N) is 1. The Labute approximate surface area is 166 Å². The molecule has 3 aromatic rings. The zero-order chi connectivity index (χ0) is 19.3. The van der Waals surface area contributed by atoms with Gasteiger partial charge in [0.1, 0.15) is 0 Å². The molecule has 0 bridgehead atoms. The summed E-state index contributed by atoms with van der Waals surface area (Å²) in [6, 6.07) is 8.01. The van der Waals surface area contributed by atoms with E-state index < -0.39 is 5.97 Å². The van der Waals surface area contributed by atoms with Crippen molar-refractivity contribution in [2.45, 2.75) is 25.9 Å². The largest absolute Gasteiger partial charge is 0.481 e. The van der Waals surface area contributed by atoms with Crippen LogP contribution in [-0.2, 0) is 17.9 Å². The summed E-state index contributed by atoms with van der Waals surface area (Å²) in [5.41, 5.74) is 2.23. The predicted molar refractivity (Wildman–Crippen MR) is 107 cm³/mol. The number of carboxylic acids is 1. The van der Waals surface area contributed by atoms with Crippen LogP contribution in [0.15, 0.2) is 42.9 Å².